The Balaban J connectivity index is 1.67. The van der Waals surface area contributed by atoms with Gasteiger partial charge in [0.25, 0.3) is 0 Å². The second-order valence-electron chi connectivity index (χ2n) is 5.64. The molecule has 0 aliphatic heterocycles. The zero-order valence-corrected chi connectivity index (χ0v) is 13.5. The molecule has 0 radical (unpaired) electrons. The van der Waals surface area contributed by atoms with E-state index in [4.69, 9.17) is 19.1 Å². The predicted octanol–water partition coefficient (Wildman–Crippen LogP) is 1.65. The largest absolute Gasteiger partial charge is 0.635 e. The third-order valence-electron chi connectivity index (χ3n) is 3.68. The monoisotopic (exact) mass is 339 g/mol. The SMILES string of the molecule is O=C(Cc1ccccc1)N[C@@H](Cc1cc2ccccc2o1)OB(O)O. The van der Waals surface area contributed by atoms with Crippen LogP contribution in [-0.4, -0.2) is 29.5 Å². The molecule has 0 saturated carbocycles. The fourth-order valence-electron chi connectivity index (χ4n) is 2.61. The summed E-state index contributed by atoms with van der Waals surface area (Å²) in [5, 5.41) is 21.8. The van der Waals surface area contributed by atoms with Gasteiger partial charge in [-0.15, -0.1) is 0 Å². The zero-order chi connectivity index (χ0) is 17.6. The van der Waals surface area contributed by atoms with Crippen LogP contribution in [0.1, 0.15) is 11.3 Å². The number of fused-ring (bicyclic) bond motifs is 1. The maximum atomic E-state index is 12.2. The maximum absolute atomic E-state index is 12.2. The Labute approximate surface area is 145 Å². The first-order valence-corrected chi connectivity index (χ1v) is 7.92. The summed E-state index contributed by atoms with van der Waals surface area (Å²) in [5.74, 6) is 0.292. The van der Waals surface area contributed by atoms with Crippen LogP contribution in [0.5, 0.6) is 0 Å². The average Bonchev–Trinajstić information content (AvgIpc) is 2.97. The Bertz CT molecular complexity index is 801. The van der Waals surface area contributed by atoms with Crippen LogP contribution in [0.3, 0.4) is 0 Å². The summed E-state index contributed by atoms with van der Waals surface area (Å²) in [6.45, 7) is 0. The second kappa shape index (κ2) is 7.98. The Morgan fingerprint density at radius 2 is 1.84 bits per heavy atom. The summed E-state index contributed by atoms with van der Waals surface area (Å²) < 4.78 is 10.7. The average molecular weight is 339 g/mol. The Morgan fingerprint density at radius 1 is 1.12 bits per heavy atom. The first kappa shape index (κ1) is 17.2. The highest BCUT2D eigenvalue weighted by Gasteiger charge is 2.22. The van der Waals surface area contributed by atoms with Gasteiger partial charge in [0.1, 0.15) is 17.6 Å². The molecular formula is C18H18BNO5. The van der Waals surface area contributed by atoms with Crippen LogP contribution in [-0.2, 0) is 22.3 Å². The summed E-state index contributed by atoms with van der Waals surface area (Å²) in [6, 6.07) is 18.6. The first-order chi connectivity index (χ1) is 12.1. The van der Waals surface area contributed by atoms with Gasteiger partial charge in [-0.25, -0.2) is 0 Å². The molecule has 7 heteroatoms. The van der Waals surface area contributed by atoms with Crippen LogP contribution in [0.25, 0.3) is 11.0 Å². The Hall–Kier alpha value is -2.61. The molecule has 128 valence electrons. The van der Waals surface area contributed by atoms with E-state index in [1.54, 1.807) is 0 Å². The molecule has 0 bridgehead atoms. The highest BCUT2D eigenvalue weighted by atomic mass is 16.6. The van der Waals surface area contributed by atoms with Crippen LogP contribution in [0.2, 0.25) is 0 Å². The van der Waals surface area contributed by atoms with E-state index in [1.807, 2.05) is 60.7 Å². The molecule has 3 aromatic rings. The van der Waals surface area contributed by atoms with Crippen LogP contribution < -0.4 is 5.32 Å². The Kier molecular flexibility index (Phi) is 5.50. The van der Waals surface area contributed by atoms with Gasteiger partial charge in [-0.1, -0.05) is 48.5 Å². The van der Waals surface area contributed by atoms with Gasteiger partial charge in [0.05, 0.1) is 6.42 Å². The van der Waals surface area contributed by atoms with E-state index < -0.39 is 13.5 Å². The van der Waals surface area contributed by atoms with Crippen LogP contribution in [0.15, 0.2) is 65.1 Å². The predicted molar refractivity (Wildman–Crippen MR) is 93.3 cm³/mol. The number of amides is 1. The van der Waals surface area contributed by atoms with E-state index in [0.717, 1.165) is 16.5 Å². The molecule has 0 saturated heterocycles. The lowest BCUT2D eigenvalue weighted by Gasteiger charge is -2.18. The number of hydrogen-bond donors (Lipinski definition) is 3. The van der Waals surface area contributed by atoms with Gasteiger partial charge in [0, 0.05) is 11.8 Å². The highest BCUT2D eigenvalue weighted by molar-refractivity contribution is 6.32. The molecule has 3 N–H and O–H groups in total. The molecule has 2 aromatic carbocycles. The van der Waals surface area contributed by atoms with Crippen molar-refractivity contribution in [1.82, 2.24) is 5.32 Å². The molecule has 1 heterocycles. The fourth-order valence-corrected chi connectivity index (χ4v) is 2.61. The van der Waals surface area contributed by atoms with Crippen molar-refractivity contribution in [2.75, 3.05) is 0 Å². The van der Waals surface area contributed by atoms with Crippen molar-refractivity contribution in [2.45, 2.75) is 19.1 Å². The van der Waals surface area contributed by atoms with Gasteiger partial charge in [0.2, 0.25) is 5.91 Å². The molecule has 1 amide bonds. The van der Waals surface area contributed by atoms with E-state index >= 15 is 0 Å². The third kappa shape index (κ3) is 4.93. The van der Waals surface area contributed by atoms with Crippen molar-refractivity contribution in [3.05, 3.63) is 72.0 Å². The van der Waals surface area contributed by atoms with Gasteiger partial charge >= 0.3 is 7.32 Å². The summed E-state index contributed by atoms with van der Waals surface area (Å²) >= 11 is 0. The van der Waals surface area contributed by atoms with E-state index in [-0.39, 0.29) is 18.7 Å². The van der Waals surface area contributed by atoms with Crippen LogP contribution in [0, 0.1) is 0 Å². The number of nitrogens with one attached hydrogen (secondary N) is 1. The van der Waals surface area contributed by atoms with Crippen molar-refractivity contribution in [3.8, 4) is 0 Å². The summed E-state index contributed by atoms with van der Waals surface area (Å²) in [4.78, 5) is 12.2. The number of rotatable bonds is 7. The molecule has 0 aliphatic carbocycles. The normalized spacial score (nSPS) is 12.1. The lowest BCUT2D eigenvalue weighted by atomic mass is 10.1. The van der Waals surface area contributed by atoms with E-state index in [1.165, 1.54) is 0 Å². The van der Waals surface area contributed by atoms with Crippen molar-refractivity contribution < 1.29 is 23.9 Å². The van der Waals surface area contributed by atoms with Crippen molar-refractivity contribution >= 4 is 24.2 Å². The molecule has 1 atom stereocenters. The number of para-hydroxylation sites is 1. The first-order valence-electron chi connectivity index (χ1n) is 7.92. The lowest BCUT2D eigenvalue weighted by Crippen LogP contribution is -2.42. The molecule has 0 fully saturated rings. The third-order valence-corrected chi connectivity index (χ3v) is 3.68. The lowest BCUT2D eigenvalue weighted by molar-refractivity contribution is -0.123. The molecule has 3 rings (SSSR count). The molecule has 1 aromatic heterocycles. The summed E-state index contributed by atoms with van der Waals surface area (Å²) in [7, 11) is -1.99. The van der Waals surface area contributed by atoms with Gasteiger partial charge in [-0.3, -0.25) is 4.79 Å². The minimum atomic E-state index is -1.99. The van der Waals surface area contributed by atoms with E-state index in [0.29, 0.717) is 5.76 Å². The van der Waals surface area contributed by atoms with Crippen molar-refractivity contribution in [3.63, 3.8) is 0 Å². The van der Waals surface area contributed by atoms with Gasteiger partial charge in [-0.2, -0.15) is 0 Å². The maximum Gasteiger partial charge on any atom is 0.635 e. The molecular weight excluding hydrogens is 321 g/mol. The van der Waals surface area contributed by atoms with Gasteiger partial charge in [0.15, 0.2) is 0 Å². The summed E-state index contributed by atoms with van der Waals surface area (Å²) in [5.41, 5.74) is 1.57. The highest BCUT2D eigenvalue weighted by Crippen LogP contribution is 2.20. The standard InChI is InChI=1S/C18H18BNO5/c21-17(10-13-6-2-1-3-7-13)20-18(25-19(22)23)12-15-11-14-8-4-5-9-16(14)24-15/h1-9,11,18,22-23H,10,12H2,(H,20,21)/t18-/m1/s1. The number of furan rings is 1. The molecule has 6 nitrogen and oxygen atoms in total. The fraction of sp³-hybridized carbons (Fsp3) is 0.167. The number of hydrogen-bond acceptors (Lipinski definition) is 5. The number of benzene rings is 2. The Morgan fingerprint density at radius 3 is 2.56 bits per heavy atom. The summed E-state index contributed by atoms with van der Waals surface area (Å²) in [6.07, 6.45) is -0.577. The van der Waals surface area contributed by atoms with Gasteiger partial charge in [-0.05, 0) is 17.7 Å². The topological polar surface area (TPSA) is 91.9 Å². The minimum absolute atomic E-state index is 0.169. The van der Waals surface area contributed by atoms with Crippen molar-refractivity contribution in [1.29, 1.82) is 0 Å². The minimum Gasteiger partial charge on any atom is -0.461 e. The van der Waals surface area contributed by atoms with Crippen LogP contribution in [0.4, 0.5) is 0 Å². The van der Waals surface area contributed by atoms with Crippen molar-refractivity contribution in [2.24, 2.45) is 0 Å². The smallest absolute Gasteiger partial charge is 0.461 e. The van der Waals surface area contributed by atoms with E-state index in [9.17, 15) is 4.79 Å². The number of carbonyl (C=O) groups excluding carboxylic acids is 1. The van der Waals surface area contributed by atoms with E-state index in [2.05, 4.69) is 5.32 Å². The zero-order valence-electron chi connectivity index (χ0n) is 13.5. The number of carbonyl (C=O) groups is 1. The molecule has 0 unspecified atom stereocenters. The van der Waals surface area contributed by atoms with Gasteiger partial charge < -0.3 is 24.4 Å². The molecule has 0 spiro atoms. The molecule has 25 heavy (non-hydrogen) atoms. The molecule has 0 aliphatic rings. The quantitative estimate of drug-likeness (QED) is 0.450. The van der Waals surface area contributed by atoms with Crippen LogP contribution >= 0.6 is 0 Å². The second-order valence-corrected chi connectivity index (χ2v) is 5.64.